The van der Waals surface area contributed by atoms with E-state index in [0.717, 1.165) is 12.8 Å². The minimum Gasteiger partial charge on any atom is -0.348 e. The summed E-state index contributed by atoms with van der Waals surface area (Å²) in [4.78, 5) is 16.1. The van der Waals surface area contributed by atoms with Crippen LogP contribution < -0.4 is 11.1 Å². The molecular weight excluding hydrogens is 226 g/mol. The third kappa shape index (κ3) is 4.19. The predicted octanol–water partition coefficient (Wildman–Crippen LogP) is 1.31. The van der Waals surface area contributed by atoms with Crippen LogP contribution in [0.1, 0.15) is 42.7 Å². The fourth-order valence-electron chi connectivity index (χ4n) is 1.63. The zero-order chi connectivity index (χ0) is 13.4. The number of carbonyl (C=O) groups excluding carboxylic acids is 1. The largest absolute Gasteiger partial charge is 0.348 e. The Kier molecular flexibility index (Phi) is 5.89. The quantitative estimate of drug-likeness (QED) is 0.786. The van der Waals surface area contributed by atoms with Crippen LogP contribution in [0.15, 0.2) is 18.3 Å². The molecule has 0 aliphatic heterocycles. The van der Waals surface area contributed by atoms with E-state index in [0.29, 0.717) is 11.3 Å². The Morgan fingerprint density at radius 2 is 2.39 bits per heavy atom. The highest BCUT2D eigenvalue weighted by atomic mass is 16.1. The number of aromatic nitrogens is 1. The molecule has 4 nitrogen and oxygen atoms in total. The maximum absolute atomic E-state index is 12.0. The van der Waals surface area contributed by atoms with E-state index < -0.39 is 0 Å². The number of carbonyl (C=O) groups is 1. The molecule has 1 heterocycles. The highest BCUT2D eigenvalue weighted by molar-refractivity contribution is 5.94. The summed E-state index contributed by atoms with van der Waals surface area (Å²) in [5, 5.41) is 2.91. The van der Waals surface area contributed by atoms with Gasteiger partial charge in [-0.2, -0.15) is 0 Å². The van der Waals surface area contributed by atoms with Crippen molar-refractivity contribution in [2.24, 2.45) is 5.73 Å². The van der Waals surface area contributed by atoms with E-state index in [-0.39, 0.29) is 18.5 Å². The van der Waals surface area contributed by atoms with Gasteiger partial charge in [0.05, 0.1) is 12.1 Å². The lowest BCUT2D eigenvalue weighted by Gasteiger charge is -2.12. The standard InChI is InChI=1S/C14H19N3O/c1-3-6-11(2)17-14(18)13-12(7-4-9-15)8-5-10-16-13/h5,8,10-11H,3,6,9,15H2,1-2H3,(H,17,18). The number of nitrogens with two attached hydrogens (primary N) is 1. The van der Waals surface area contributed by atoms with Gasteiger partial charge in [-0.3, -0.25) is 4.79 Å². The molecule has 0 aromatic carbocycles. The van der Waals surface area contributed by atoms with Gasteiger partial charge in [-0.05, 0) is 25.5 Å². The Labute approximate surface area is 108 Å². The second-order valence-electron chi connectivity index (χ2n) is 4.07. The van der Waals surface area contributed by atoms with Crippen molar-refractivity contribution in [1.82, 2.24) is 10.3 Å². The van der Waals surface area contributed by atoms with Crippen LogP contribution in [-0.2, 0) is 0 Å². The van der Waals surface area contributed by atoms with E-state index in [1.807, 2.05) is 6.92 Å². The summed E-state index contributed by atoms with van der Waals surface area (Å²) in [6.07, 6.45) is 3.57. The predicted molar refractivity (Wildman–Crippen MR) is 72.0 cm³/mol. The van der Waals surface area contributed by atoms with Crippen molar-refractivity contribution >= 4 is 5.91 Å². The number of nitrogens with one attached hydrogen (secondary N) is 1. The van der Waals surface area contributed by atoms with E-state index >= 15 is 0 Å². The average molecular weight is 245 g/mol. The maximum Gasteiger partial charge on any atom is 0.271 e. The van der Waals surface area contributed by atoms with Gasteiger partial charge in [0, 0.05) is 12.2 Å². The first-order valence-electron chi connectivity index (χ1n) is 6.13. The third-order valence-corrected chi connectivity index (χ3v) is 2.45. The van der Waals surface area contributed by atoms with Crippen molar-refractivity contribution in [2.45, 2.75) is 32.7 Å². The minimum atomic E-state index is -0.183. The van der Waals surface area contributed by atoms with E-state index in [9.17, 15) is 4.79 Å². The van der Waals surface area contributed by atoms with Gasteiger partial charge >= 0.3 is 0 Å². The molecular formula is C14H19N3O. The van der Waals surface area contributed by atoms with Crippen LogP contribution in [0, 0.1) is 11.8 Å². The van der Waals surface area contributed by atoms with Crippen LogP contribution in [0.3, 0.4) is 0 Å². The first-order valence-corrected chi connectivity index (χ1v) is 6.13. The highest BCUT2D eigenvalue weighted by Crippen LogP contribution is 2.05. The number of pyridine rings is 1. The maximum atomic E-state index is 12.0. The fourth-order valence-corrected chi connectivity index (χ4v) is 1.63. The molecule has 0 saturated heterocycles. The van der Waals surface area contributed by atoms with E-state index in [4.69, 9.17) is 5.73 Å². The van der Waals surface area contributed by atoms with Crippen molar-refractivity contribution in [3.8, 4) is 11.8 Å². The van der Waals surface area contributed by atoms with Gasteiger partial charge in [0.25, 0.3) is 5.91 Å². The summed E-state index contributed by atoms with van der Waals surface area (Å²) >= 11 is 0. The summed E-state index contributed by atoms with van der Waals surface area (Å²) in [7, 11) is 0. The zero-order valence-corrected chi connectivity index (χ0v) is 10.9. The molecule has 3 N–H and O–H groups in total. The lowest BCUT2D eigenvalue weighted by molar-refractivity contribution is 0.0933. The normalized spacial score (nSPS) is 11.3. The Bertz CT molecular complexity index is 460. The zero-order valence-electron chi connectivity index (χ0n) is 10.9. The second-order valence-corrected chi connectivity index (χ2v) is 4.07. The molecule has 1 atom stereocenters. The molecule has 1 rings (SSSR count). The van der Waals surface area contributed by atoms with Gasteiger partial charge in [-0.25, -0.2) is 4.98 Å². The van der Waals surface area contributed by atoms with Gasteiger partial charge in [0.1, 0.15) is 5.69 Å². The Morgan fingerprint density at radius 3 is 3.06 bits per heavy atom. The van der Waals surface area contributed by atoms with E-state index in [1.54, 1.807) is 18.3 Å². The van der Waals surface area contributed by atoms with Crippen molar-refractivity contribution < 1.29 is 4.79 Å². The van der Waals surface area contributed by atoms with Crippen LogP contribution >= 0.6 is 0 Å². The fraction of sp³-hybridized carbons (Fsp3) is 0.429. The van der Waals surface area contributed by atoms with Crippen LogP contribution in [0.2, 0.25) is 0 Å². The lowest BCUT2D eigenvalue weighted by atomic mass is 10.1. The van der Waals surface area contributed by atoms with Gasteiger partial charge in [0.15, 0.2) is 0 Å². The summed E-state index contributed by atoms with van der Waals surface area (Å²) in [5.41, 5.74) is 6.31. The molecule has 0 fully saturated rings. The summed E-state index contributed by atoms with van der Waals surface area (Å²) in [5.74, 6) is 5.41. The lowest BCUT2D eigenvalue weighted by Crippen LogP contribution is -2.33. The number of nitrogens with zero attached hydrogens (tertiary/aromatic N) is 1. The molecule has 1 aromatic heterocycles. The van der Waals surface area contributed by atoms with Crippen LogP contribution in [0.5, 0.6) is 0 Å². The van der Waals surface area contributed by atoms with Crippen molar-refractivity contribution in [1.29, 1.82) is 0 Å². The third-order valence-electron chi connectivity index (χ3n) is 2.45. The number of hydrogen-bond acceptors (Lipinski definition) is 3. The van der Waals surface area contributed by atoms with Gasteiger partial charge in [-0.15, -0.1) is 0 Å². The second kappa shape index (κ2) is 7.46. The van der Waals surface area contributed by atoms with Crippen molar-refractivity contribution in [2.75, 3.05) is 6.54 Å². The molecule has 0 aliphatic carbocycles. The smallest absolute Gasteiger partial charge is 0.271 e. The molecule has 0 bridgehead atoms. The van der Waals surface area contributed by atoms with Crippen molar-refractivity contribution in [3.63, 3.8) is 0 Å². The van der Waals surface area contributed by atoms with Crippen LogP contribution in [-0.4, -0.2) is 23.5 Å². The number of hydrogen-bond donors (Lipinski definition) is 2. The monoisotopic (exact) mass is 245 g/mol. The average Bonchev–Trinajstić information content (AvgIpc) is 2.36. The molecule has 1 amide bonds. The Morgan fingerprint density at radius 1 is 1.61 bits per heavy atom. The number of amides is 1. The Hall–Kier alpha value is -1.86. The van der Waals surface area contributed by atoms with Crippen LogP contribution in [0.4, 0.5) is 0 Å². The first kappa shape index (κ1) is 14.2. The molecule has 0 saturated carbocycles. The summed E-state index contributed by atoms with van der Waals surface area (Å²) < 4.78 is 0. The molecule has 96 valence electrons. The molecule has 0 spiro atoms. The first-order chi connectivity index (χ1) is 8.69. The minimum absolute atomic E-state index is 0.139. The van der Waals surface area contributed by atoms with E-state index in [2.05, 4.69) is 29.1 Å². The molecule has 4 heteroatoms. The molecule has 1 unspecified atom stereocenters. The molecule has 0 radical (unpaired) electrons. The molecule has 0 aliphatic rings. The summed E-state index contributed by atoms with van der Waals surface area (Å²) in [6.45, 7) is 4.33. The molecule has 1 aromatic rings. The highest BCUT2D eigenvalue weighted by Gasteiger charge is 2.13. The number of rotatable bonds is 4. The van der Waals surface area contributed by atoms with Gasteiger partial charge in [-0.1, -0.05) is 25.2 Å². The SMILES string of the molecule is CCCC(C)NC(=O)c1ncccc1C#CCN. The topological polar surface area (TPSA) is 68.0 Å². The summed E-state index contributed by atoms with van der Waals surface area (Å²) in [6, 6.07) is 3.67. The Balaban J connectivity index is 2.85. The van der Waals surface area contributed by atoms with E-state index in [1.165, 1.54) is 0 Å². The molecule has 18 heavy (non-hydrogen) atoms. The van der Waals surface area contributed by atoms with Gasteiger partial charge in [0.2, 0.25) is 0 Å². The van der Waals surface area contributed by atoms with Crippen LogP contribution in [0.25, 0.3) is 0 Å². The van der Waals surface area contributed by atoms with Gasteiger partial charge < -0.3 is 11.1 Å². The van der Waals surface area contributed by atoms with Crippen molar-refractivity contribution in [3.05, 3.63) is 29.6 Å².